The molecule has 432 valence electrons. The minimum Gasteiger partial charge on any atom is -0.480 e. The van der Waals surface area contributed by atoms with Crippen LogP contribution < -0.4 is 43.4 Å². The summed E-state index contributed by atoms with van der Waals surface area (Å²) < 4.78 is 0. The molecule has 0 bridgehead atoms. The van der Waals surface area contributed by atoms with Gasteiger partial charge in [0.25, 0.3) is 0 Å². The first-order chi connectivity index (χ1) is 39.6. The maximum absolute atomic E-state index is 15.1. The highest BCUT2D eigenvalue weighted by Crippen LogP contribution is 2.25. The average Bonchev–Trinajstić information content (AvgIpc) is 4.39. The number of para-hydroxylation sites is 3. The van der Waals surface area contributed by atoms with E-state index in [-0.39, 0.29) is 45.1 Å². The van der Waals surface area contributed by atoms with Crippen LogP contribution >= 0.6 is 0 Å². The van der Waals surface area contributed by atoms with Gasteiger partial charge in [-0.2, -0.15) is 0 Å². The number of carboxylic acids is 1. The van der Waals surface area contributed by atoms with Crippen molar-refractivity contribution in [3.63, 3.8) is 0 Å². The average molecular weight is 1120 g/mol. The molecule has 4 heterocycles. The summed E-state index contributed by atoms with van der Waals surface area (Å²) in [5, 5.41) is 29.1. The Morgan fingerprint density at radius 3 is 1.70 bits per heavy atom. The molecule has 8 rings (SSSR count). The normalized spacial score (nSPS) is 15.9. The molecule has 4 aromatic carbocycles. The quantitative estimate of drug-likeness (QED) is 0.0315. The van der Waals surface area contributed by atoms with Crippen LogP contribution in [-0.4, -0.2) is 134 Å². The maximum Gasteiger partial charge on any atom is 0.326 e. The molecule has 1 aliphatic heterocycles. The lowest BCUT2D eigenvalue weighted by Gasteiger charge is -2.30. The summed E-state index contributed by atoms with van der Waals surface area (Å²) in [5.74, 6) is -6.17. The molecule has 1 saturated heterocycles. The summed E-state index contributed by atoms with van der Waals surface area (Å²) in [7, 11) is 0. The minimum absolute atomic E-state index is 0.0190. The van der Waals surface area contributed by atoms with Crippen molar-refractivity contribution in [2.24, 2.45) is 17.4 Å². The standard InChI is InChI=1S/C61H74N12O9/c1-3-36(2)54(59(79)71-51(61(81)82)28-37-16-5-4-6-17-37)72-53(74)35-67-58(78)52-25-15-27-73(52)60(80)50(31-40-34-66-47-23-12-9-20-43(40)47)70-57(77)49(30-39-33-65-46-22-11-8-19-42(39)46)69-56(76)48(24-13-14-26-62)68-55(75)44(63)29-38-32-64-45-21-10-7-18-41(38)45/h4-12,16-23,32-34,36,44,48-52,54,64-66H,3,13-15,24-31,35,62-63H2,1-2H3,(H,67,78)(H,68,75)(H,69,76)(H,70,77)(H,71,79)(H,72,74)(H,81,82)/t36-,44-,48-,49-,50-,51-,52-,54-/m0/s1. The van der Waals surface area contributed by atoms with Crippen LogP contribution in [0.15, 0.2) is 122 Å². The molecule has 82 heavy (non-hydrogen) atoms. The van der Waals surface area contributed by atoms with Crippen LogP contribution in [0.25, 0.3) is 32.7 Å². The number of unbranched alkanes of at least 4 members (excludes halogenated alkanes) is 1. The molecule has 0 radical (unpaired) electrons. The van der Waals surface area contributed by atoms with Gasteiger partial charge in [-0.15, -0.1) is 0 Å². The first kappa shape index (κ1) is 59.3. The summed E-state index contributed by atoms with van der Waals surface area (Å²) in [5.41, 5.74) is 17.8. The summed E-state index contributed by atoms with van der Waals surface area (Å²) in [4.78, 5) is 123. The summed E-state index contributed by atoms with van der Waals surface area (Å²) in [6.45, 7) is 3.51. The van der Waals surface area contributed by atoms with E-state index in [1.54, 1.807) is 55.8 Å². The fourth-order valence-electron chi connectivity index (χ4n) is 10.7. The number of carboxylic acid groups (broad SMARTS) is 1. The van der Waals surface area contributed by atoms with E-state index in [4.69, 9.17) is 11.5 Å². The van der Waals surface area contributed by atoms with Crippen molar-refractivity contribution in [1.82, 2.24) is 51.8 Å². The molecule has 0 spiro atoms. The molecule has 21 nitrogen and oxygen atoms in total. The summed E-state index contributed by atoms with van der Waals surface area (Å²) >= 11 is 0. The molecule has 8 atom stereocenters. The molecule has 3 aromatic heterocycles. The number of likely N-dealkylation sites (tertiary alicyclic amines) is 1. The fourth-order valence-corrected chi connectivity index (χ4v) is 10.7. The molecule has 0 aliphatic carbocycles. The largest absolute Gasteiger partial charge is 0.480 e. The van der Waals surface area contributed by atoms with Gasteiger partial charge < -0.3 is 68.3 Å². The SMILES string of the molecule is CC[C@H](C)[C@H](NC(=O)CNC(=O)[C@@H]1CCCN1C(=O)[C@H](Cc1c[nH]c2ccccc12)NC(=O)[C@H](Cc1c[nH]c2ccccc12)NC(=O)[C@H](CCCCN)NC(=O)[C@@H](N)Cc1c[nH]c2ccccc12)C(=O)N[C@@H](Cc1ccccc1)C(=O)O. The highest BCUT2D eigenvalue weighted by atomic mass is 16.4. The zero-order valence-electron chi connectivity index (χ0n) is 46.2. The third-order valence-electron chi connectivity index (χ3n) is 15.4. The second-order valence-electron chi connectivity index (χ2n) is 21.2. The van der Waals surface area contributed by atoms with Crippen LogP contribution in [-0.2, 0) is 64.0 Å². The summed E-state index contributed by atoms with van der Waals surface area (Å²) in [6, 6.07) is 23.3. The van der Waals surface area contributed by atoms with Crippen molar-refractivity contribution in [2.45, 2.75) is 120 Å². The fraction of sp³-hybridized carbons (Fsp3) is 0.377. The molecule has 7 amide bonds. The number of carbonyl (C=O) groups excluding carboxylic acids is 7. The molecule has 14 N–H and O–H groups in total. The van der Waals surface area contributed by atoms with Gasteiger partial charge in [0.05, 0.1) is 12.6 Å². The van der Waals surface area contributed by atoms with Crippen LogP contribution in [0.1, 0.15) is 74.6 Å². The van der Waals surface area contributed by atoms with Crippen molar-refractivity contribution in [3.05, 3.63) is 144 Å². The Kier molecular flexibility index (Phi) is 20.3. The lowest BCUT2D eigenvalue weighted by atomic mass is 9.97. The number of rotatable bonds is 28. The zero-order chi connectivity index (χ0) is 58.3. The van der Waals surface area contributed by atoms with E-state index in [9.17, 15) is 33.9 Å². The van der Waals surface area contributed by atoms with Crippen molar-refractivity contribution in [2.75, 3.05) is 19.6 Å². The molecular formula is C61H74N12O9. The molecule has 0 unspecified atom stereocenters. The number of aromatic amines is 3. The Bertz CT molecular complexity index is 3370. The van der Waals surface area contributed by atoms with Crippen LogP contribution in [0.3, 0.4) is 0 Å². The first-order valence-electron chi connectivity index (χ1n) is 28.1. The van der Waals surface area contributed by atoms with Crippen LogP contribution in [0.2, 0.25) is 0 Å². The number of hydrogen-bond donors (Lipinski definition) is 12. The highest BCUT2D eigenvalue weighted by molar-refractivity contribution is 5.98. The number of nitrogens with two attached hydrogens (primary N) is 2. The molecular weight excluding hydrogens is 1040 g/mol. The summed E-state index contributed by atoms with van der Waals surface area (Å²) in [6.07, 6.45) is 7.83. The number of fused-ring (bicyclic) bond motifs is 3. The van der Waals surface area contributed by atoms with Gasteiger partial charge in [0, 0.05) is 77.1 Å². The van der Waals surface area contributed by atoms with Crippen molar-refractivity contribution in [3.8, 4) is 0 Å². The number of hydrogen-bond acceptors (Lipinski definition) is 10. The molecule has 1 aliphatic rings. The van der Waals surface area contributed by atoms with Crippen molar-refractivity contribution >= 4 is 80.0 Å². The van der Waals surface area contributed by atoms with E-state index in [1.165, 1.54) is 4.90 Å². The van der Waals surface area contributed by atoms with E-state index in [1.807, 2.05) is 79.7 Å². The first-order valence-corrected chi connectivity index (χ1v) is 28.1. The lowest BCUT2D eigenvalue weighted by molar-refractivity contribution is -0.142. The van der Waals surface area contributed by atoms with E-state index >= 15 is 9.59 Å². The lowest BCUT2D eigenvalue weighted by Crippen LogP contribution is -2.60. The topological polar surface area (TPSA) is 332 Å². The molecule has 0 saturated carbocycles. The van der Waals surface area contributed by atoms with Gasteiger partial charge in [0.15, 0.2) is 0 Å². The van der Waals surface area contributed by atoms with Crippen LogP contribution in [0, 0.1) is 5.92 Å². The molecule has 21 heteroatoms. The number of carbonyl (C=O) groups is 8. The second-order valence-corrected chi connectivity index (χ2v) is 21.2. The van der Waals surface area contributed by atoms with Gasteiger partial charge in [-0.1, -0.05) is 105 Å². The van der Waals surface area contributed by atoms with Gasteiger partial charge >= 0.3 is 5.97 Å². The van der Waals surface area contributed by atoms with Crippen LogP contribution in [0.5, 0.6) is 0 Å². The number of H-pyrrole nitrogens is 3. The number of benzene rings is 4. The zero-order valence-corrected chi connectivity index (χ0v) is 46.2. The van der Waals surface area contributed by atoms with Gasteiger partial charge in [0.1, 0.15) is 36.3 Å². The highest BCUT2D eigenvalue weighted by Gasteiger charge is 2.40. The van der Waals surface area contributed by atoms with E-state index in [0.29, 0.717) is 48.9 Å². The number of amides is 7. The van der Waals surface area contributed by atoms with Gasteiger partial charge in [-0.3, -0.25) is 33.6 Å². The maximum atomic E-state index is 15.1. The molecule has 1 fully saturated rings. The Hall–Kier alpha value is -8.82. The number of aromatic nitrogens is 3. The van der Waals surface area contributed by atoms with Gasteiger partial charge in [-0.25, -0.2) is 4.79 Å². The van der Waals surface area contributed by atoms with Gasteiger partial charge in [0.2, 0.25) is 41.4 Å². The van der Waals surface area contributed by atoms with Crippen molar-refractivity contribution < 1.29 is 43.5 Å². The van der Waals surface area contributed by atoms with E-state index in [2.05, 4.69) is 46.9 Å². The molecule has 7 aromatic rings. The van der Waals surface area contributed by atoms with Crippen LogP contribution in [0.4, 0.5) is 0 Å². The second kappa shape index (κ2) is 28.1. The Balaban J connectivity index is 0.998. The third-order valence-corrected chi connectivity index (χ3v) is 15.4. The number of nitrogens with zero attached hydrogens (tertiary/aromatic N) is 1. The Labute approximate surface area is 474 Å². The minimum atomic E-state index is -1.30. The smallest absolute Gasteiger partial charge is 0.326 e. The predicted molar refractivity (Wildman–Crippen MR) is 312 cm³/mol. The number of nitrogens with one attached hydrogen (secondary N) is 9. The number of aliphatic carboxylic acids is 1. The predicted octanol–water partition coefficient (Wildman–Crippen LogP) is 3.52. The Morgan fingerprint density at radius 2 is 1.12 bits per heavy atom. The van der Waals surface area contributed by atoms with Crippen molar-refractivity contribution in [1.29, 1.82) is 0 Å². The Morgan fingerprint density at radius 1 is 0.610 bits per heavy atom. The monoisotopic (exact) mass is 1120 g/mol. The van der Waals surface area contributed by atoms with E-state index in [0.717, 1.165) is 38.3 Å². The van der Waals surface area contributed by atoms with E-state index < -0.39 is 102 Å². The third kappa shape index (κ3) is 14.9. The van der Waals surface area contributed by atoms with Gasteiger partial charge in [-0.05, 0) is 91.4 Å².